The lowest BCUT2D eigenvalue weighted by molar-refractivity contribution is -0.184. The van der Waals surface area contributed by atoms with E-state index in [4.69, 9.17) is 0 Å². The van der Waals surface area contributed by atoms with Crippen LogP contribution in [-0.4, -0.2) is 64.9 Å². The van der Waals surface area contributed by atoms with Crippen molar-refractivity contribution in [2.45, 2.75) is 18.8 Å². The van der Waals surface area contributed by atoms with E-state index in [1.54, 1.807) is 31.3 Å². The number of imidazole rings is 1. The zero-order valence-electron chi connectivity index (χ0n) is 14.9. The summed E-state index contributed by atoms with van der Waals surface area (Å²) in [4.78, 5) is 25.9. The van der Waals surface area contributed by atoms with Crippen LogP contribution in [0, 0.1) is 0 Å². The van der Waals surface area contributed by atoms with Crippen LogP contribution in [0.2, 0.25) is 0 Å². The van der Waals surface area contributed by atoms with Crippen LogP contribution in [0.1, 0.15) is 0 Å². The number of hydrogen-bond acceptors (Lipinski definition) is 4. The second-order valence-corrected chi connectivity index (χ2v) is 6.56. The Morgan fingerprint density at radius 3 is 2.48 bits per heavy atom. The molecule has 0 radical (unpaired) electrons. The maximum absolute atomic E-state index is 13.4. The molecule has 148 valence electrons. The third kappa shape index (κ3) is 4.16. The molecular weight excluding hydrogens is 363 g/mol. The molecular formula is C17H22F3N5O2. The predicted octanol–water partition coefficient (Wildman–Crippen LogP) is 0.292. The lowest BCUT2D eigenvalue weighted by Gasteiger charge is -2.35. The number of carbonyl (C=O) groups is 1. The Hall–Kier alpha value is -2.33. The number of benzene rings is 1. The number of aryl methyl sites for hydroxylation is 1. The van der Waals surface area contributed by atoms with E-state index >= 15 is 0 Å². The number of alkyl halides is 3. The zero-order chi connectivity index (χ0) is 19.6. The SMILES string of the molecule is Cn1c(=O)n(CC(=O)NCC(N2CCNCC2)C(F)(F)F)c2ccccc21. The maximum Gasteiger partial charge on any atom is 0.405 e. The molecule has 2 heterocycles. The summed E-state index contributed by atoms with van der Waals surface area (Å²) in [5.74, 6) is -0.627. The molecule has 7 nitrogen and oxygen atoms in total. The van der Waals surface area contributed by atoms with Gasteiger partial charge in [0.1, 0.15) is 12.6 Å². The summed E-state index contributed by atoms with van der Waals surface area (Å²) in [5, 5.41) is 5.35. The molecule has 1 atom stereocenters. The number of para-hydroxylation sites is 2. The molecule has 1 saturated heterocycles. The van der Waals surface area contributed by atoms with Crippen LogP contribution in [0.3, 0.4) is 0 Å². The van der Waals surface area contributed by atoms with Crippen molar-refractivity contribution in [2.75, 3.05) is 32.7 Å². The third-order valence-electron chi connectivity index (χ3n) is 4.82. The normalized spacial score (nSPS) is 17.2. The second kappa shape index (κ2) is 7.73. The molecule has 2 aromatic rings. The summed E-state index contributed by atoms with van der Waals surface area (Å²) in [6.45, 7) is 0.623. The smallest absolute Gasteiger partial charge is 0.353 e. The maximum atomic E-state index is 13.4. The summed E-state index contributed by atoms with van der Waals surface area (Å²) in [6.07, 6.45) is -4.44. The number of hydrogen-bond donors (Lipinski definition) is 2. The van der Waals surface area contributed by atoms with Crippen LogP contribution in [0.25, 0.3) is 11.0 Å². The summed E-state index contributed by atoms with van der Waals surface area (Å²) >= 11 is 0. The molecule has 10 heteroatoms. The molecule has 0 spiro atoms. The van der Waals surface area contributed by atoms with Gasteiger partial charge in [0.05, 0.1) is 11.0 Å². The number of carbonyl (C=O) groups excluding carboxylic acids is 1. The van der Waals surface area contributed by atoms with Gasteiger partial charge in [-0.2, -0.15) is 13.2 Å². The van der Waals surface area contributed by atoms with E-state index in [0.717, 1.165) is 0 Å². The van der Waals surface area contributed by atoms with Gasteiger partial charge in [-0.15, -0.1) is 0 Å². The number of amides is 1. The molecule has 0 bridgehead atoms. The Balaban J connectivity index is 1.70. The summed E-state index contributed by atoms with van der Waals surface area (Å²) < 4.78 is 42.8. The number of fused-ring (bicyclic) bond motifs is 1. The number of nitrogens with zero attached hydrogens (tertiary/aromatic N) is 3. The number of aromatic nitrogens is 2. The summed E-state index contributed by atoms with van der Waals surface area (Å²) in [7, 11) is 1.59. The van der Waals surface area contributed by atoms with Crippen molar-refractivity contribution < 1.29 is 18.0 Å². The van der Waals surface area contributed by atoms with E-state index in [1.807, 2.05) is 0 Å². The van der Waals surface area contributed by atoms with Crippen LogP contribution >= 0.6 is 0 Å². The van der Waals surface area contributed by atoms with Crippen molar-refractivity contribution >= 4 is 16.9 Å². The Bertz CT molecular complexity index is 868. The fourth-order valence-electron chi connectivity index (χ4n) is 3.37. The van der Waals surface area contributed by atoms with Gasteiger partial charge < -0.3 is 10.6 Å². The van der Waals surface area contributed by atoms with E-state index < -0.39 is 24.7 Å². The molecule has 0 saturated carbocycles. The van der Waals surface area contributed by atoms with Gasteiger partial charge in [0.2, 0.25) is 5.91 Å². The average molecular weight is 385 g/mol. The third-order valence-corrected chi connectivity index (χ3v) is 4.82. The quantitative estimate of drug-likeness (QED) is 0.776. The lowest BCUT2D eigenvalue weighted by Crippen LogP contribution is -2.57. The minimum absolute atomic E-state index is 0.267. The molecule has 2 N–H and O–H groups in total. The first kappa shape index (κ1) is 19.4. The number of piperazine rings is 1. The molecule has 1 aromatic heterocycles. The molecule has 1 fully saturated rings. The lowest BCUT2D eigenvalue weighted by atomic mass is 10.2. The first-order valence-electron chi connectivity index (χ1n) is 8.71. The van der Waals surface area contributed by atoms with Gasteiger partial charge in [0.15, 0.2) is 0 Å². The van der Waals surface area contributed by atoms with E-state index in [-0.39, 0.29) is 25.3 Å². The highest BCUT2D eigenvalue weighted by Crippen LogP contribution is 2.24. The van der Waals surface area contributed by atoms with Crippen LogP contribution in [0.5, 0.6) is 0 Å². The first-order chi connectivity index (χ1) is 12.8. The van der Waals surface area contributed by atoms with Crippen LogP contribution in [0.15, 0.2) is 29.1 Å². The highest BCUT2D eigenvalue weighted by molar-refractivity contribution is 5.80. The van der Waals surface area contributed by atoms with Gasteiger partial charge in [-0.25, -0.2) is 4.79 Å². The predicted molar refractivity (Wildman–Crippen MR) is 94.5 cm³/mol. The molecule has 1 amide bonds. The highest BCUT2D eigenvalue weighted by atomic mass is 19.4. The van der Waals surface area contributed by atoms with Crippen molar-refractivity contribution in [3.63, 3.8) is 0 Å². The summed E-state index contributed by atoms with van der Waals surface area (Å²) in [5.41, 5.74) is 0.833. The fourth-order valence-corrected chi connectivity index (χ4v) is 3.37. The van der Waals surface area contributed by atoms with E-state index in [1.165, 1.54) is 14.0 Å². The monoisotopic (exact) mass is 385 g/mol. The minimum atomic E-state index is -4.44. The number of nitrogens with one attached hydrogen (secondary N) is 2. The molecule has 0 aliphatic carbocycles. The van der Waals surface area contributed by atoms with Gasteiger partial charge in [0, 0.05) is 39.8 Å². The molecule has 1 aromatic carbocycles. The highest BCUT2D eigenvalue weighted by Gasteiger charge is 2.43. The Labute approximate surface area is 153 Å². The van der Waals surface area contributed by atoms with Crippen LogP contribution in [-0.2, 0) is 18.4 Å². The van der Waals surface area contributed by atoms with Gasteiger partial charge in [0.25, 0.3) is 0 Å². The molecule has 3 rings (SSSR count). The largest absolute Gasteiger partial charge is 0.405 e. The fraction of sp³-hybridized carbons (Fsp3) is 0.529. The molecule has 27 heavy (non-hydrogen) atoms. The molecule has 1 aliphatic heterocycles. The van der Waals surface area contributed by atoms with Crippen molar-refractivity contribution in [1.82, 2.24) is 24.7 Å². The summed E-state index contributed by atoms with van der Waals surface area (Å²) in [6, 6.07) is 5.21. The number of halogens is 3. The standard InChI is InChI=1S/C17H22F3N5O2/c1-23-12-4-2-3-5-13(12)25(16(23)27)11-15(26)22-10-14(17(18,19)20)24-8-6-21-7-9-24/h2-5,14,21H,6-11H2,1H3,(H,22,26). The Kier molecular flexibility index (Phi) is 5.56. The molecule has 1 unspecified atom stereocenters. The Morgan fingerprint density at radius 1 is 1.22 bits per heavy atom. The first-order valence-corrected chi connectivity index (χ1v) is 8.71. The van der Waals surface area contributed by atoms with E-state index in [0.29, 0.717) is 24.1 Å². The van der Waals surface area contributed by atoms with Crippen molar-refractivity contribution in [2.24, 2.45) is 7.05 Å². The Morgan fingerprint density at radius 2 is 1.85 bits per heavy atom. The van der Waals surface area contributed by atoms with Gasteiger partial charge in [-0.1, -0.05) is 12.1 Å². The number of rotatable bonds is 5. The topological polar surface area (TPSA) is 71.3 Å². The van der Waals surface area contributed by atoms with Crippen molar-refractivity contribution in [3.05, 3.63) is 34.7 Å². The molecule has 1 aliphatic rings. The van der Waals surface area contributed by atoms with Crippen LogP contribution < -0.4 is 16.3 Å². The average Bonchev–Trinajstić information content (AvgIpc) is 2.87. The zero-order valence-corrected chi connectivity index (χ0v) is 14.9. The van der Waals surface area contributed by atoms with Crippen LogP contribution in [0.4, 0.5) is 13.2 Å². The van der Waals surface area contributed by atoms with Crippen molar-refractivity contribution in [1.29, 1.82) is 0 Å². The second-order valence-electron chi connectivity index (χ2n) is 6.56. The van der Waals surface area contributed by atoms with Gasteiger partial charge >= 0.3 is 11.9 Å². The van der Waals surface area contributed by atoms with Gasteiger partial charge in [-0.05, 0) is 12.1 Å². The minimum Gasteiger partial charge on any atom is -0.353 e. The van der Waals surface area contributed by atoms with E-state index in [9.17, 15) is 22.8 Å². The van der Waals surface area contributed by atoms with Crippen molar-refractivity contribution in [3.8, 4) is 0 Å². The van der Waals surface area contributed by atoms with E-state index in [2.05, 4.69) is 10.6 Å². The van der Waals surface area contributed by atoms with Gasteiger partial charge in [-0.3, -0.25) is 18.8 Å².